The zero-order valence-corrected chi connectivity index (χ0v) is 11.0. The Labute approximate surface area is 111 Å². The maximum atomic E-state index is 8.48. The molecule has 0 saturated heterocycles. The molecule has 2 aromatic heterocycles. The van der Waals surface area contributed by atoms with Gasteiger partial charge in [0.25, 0.3) is 0 Å². The van der Waals surface area contributed by atoms with Crippen molar-refractivity contribution in [1.82, 2.24) is 9.97 Å². The molecule has 0 fully saturated rings. The summed E-state index contributed by atoms with van der Waals surface area (Å²) in [7, 11) is 0. The van der Waals surface area contributed by atoms with Gasteiger partial charge in [-0.3, -0.25) is 5.32 Å². The summed E-state index contributed by atoms with van der Waals surface area (Å²) in [4.78, 5) is 9.16. The van der Waals surface area contributed by atoms with Crippen molar-refractivity contribution in [3.63, 3.8) is 0 Å². The first-order chi connectivity index (χ1) is 8.28. The Morgan fingerprint density at radius 1 is 1.35 bits per heavy atom. The van der Waals surface area contributed by atoms with Crippen molar-refractivity contribution >= 4 is 38.9 Å². The predicted molar refractivity (Wildman–Crippen MR) is 70.6 cm³/mol. The van der Waals surface area contributed by atoms with Gasteiger partial charge in [-0.15, -0.1) is 11.3 Å². The molecule has 0 saturated carbocycles. The SMILES string of the molecule is N#CNc1cc(NCc2ccc(Br)s2)ncn1. The number of hydrogen-bond acceptors (Lipinski definition) is 6. The Morgan fingerprint density at radius 3 is 2.88 bits per heavy atom. The molecule has 0 aliphatic rings. The van der Waals surface area contributed by atoms with Gasteiger partial charge in [-0.05, 0) is 28.1 Å². The smallest absolute Gasteiger partial charge is 0.182 e. The summed E-state index contributed by atoms with van der Waals surface area (Å²) in [6.07, 6.45) is 3.23. The molecule has 86 valence electrons. The third-order valence-corrected chi connectivity index (χ3v) is 3.55. The molecule has 2 N–H and O–H groups in total. The molecule has 0 atom stereocenters. The van der Waals surface area contributed by atoms with Gasteiger partial charge in [0, 0.05) is 10.9 Å². The number of thiophene rings is 1. The van der Waals surface area contributed by atoms with Crippen molar-refractivity contribution in [1.29, 1.82) is 5.26 Å². The minimum absolute atomic E-state index is 0.484. The second-order valence-corrected chi connectivity index (χ2v) is 5.63. The third kappa shape index (κ3) is 3.41. The number of nitrogens with one attached hydrogen (secondary N) is 2. The molecule has 7 heteroatoms. The molecular weight excluding hydrogens is 302 g/mol. The second-order valence-electron chi connectivity index (χ2n) is 3.08. The Kier molecular flexibility index (Phi) is 3.90. The van der Waals surface area contributed by atoms with E-state index in [9.17, 15) is 0 Å². The molecule has 0 unspecified atom stereocenters. The molecule has 0 amide bonds. The first-order valence-corrected chi connectivity index (χ1v) is 6.34. The molecule has 0 aromatic carbocycles. The fourth-order valence-electron chi connectivity index (χ4n) is 1.20. The normalized spacial score (nSPS) is 9.65. The van der Waals surface area contributed by atoms with Crippen LogP contribution in [0, 0.1) is 11.5 Å². The molecule has 2 aromatic rings. The van der Waals surface area contributed by atoms with Crippen LogP contribution in [0.5, 0.6) is 0 Å². The van der Waals surface area contributed by atoms with Crippen LogP contribution in [0.1, 0.15) is 4.88 Å². The Morgan fingerprint density at radius 2 is 2.18 bits per heavy atom. The van der Waals surface area contributed by atoms with Gasteiger partial charge in [0.15, 0.2) is 6.19 Å². The largest absolute Gasteiger partial charge is 0.365 e. The average molecular weight is 310 g/mol. The summed E-state index contributed by atoms with van der Waals surface area (Å²) in [5, 5.41) is 14.1. The lowest BCUT2D eigenvalue weighted by Gasteiger charge is -2.04. The number of nitrogens with zero attached hydrogens (tertiary/aromatic N) is 3. The Balaban J connectivity index is 1.99. The van der Waals surface area contributed by atoms with E-state index in [4.69, 9.17) is 5.26 Å². The summed E-state index contributed by atoms with van der Waals surface area (Å²) in [5.74, 6) is 1.17. The zero-order chi connectivity index (χ0) is 12.1. The van der Waals surface area contributed by atoms with Crippen LogP contribution in [0.3, 0.4) is 0 Å². The molecule has 0 radical (unpaired) electrons. The summed E-state index contributed by atoms with van der Waals surface area (Å²) in [5.41, 5.74) is 0. The van der Waals surface area contributed by atoms with Gasteiger partial charge < -0.3 is 5.32 Å². The van der Waals surface area contributed by atoms with Crippen molar-refractivity contribution in [3.8, 4) is 6.19 Å². The summed E-state index contributed by atoms with van der Waals surface area (Å²) in [6.45, 7) is 0.694. The minimum Gasteiger partial charge on any atom is -0.365 e. The van der Waals surface area contributed by atoms with Crippen molar-refractivity contribution in [2.24, 2.45) is 0 Å². The van der Waals surface area contributed by atoms with Crippen LogP contribution in [0.4, 0.5) is 11.6 Å². The minimum atomic E-state index is 0.484. The van der Waals surface area contributed by atoms with E-state index < -0.39 is 0 Å². The summed E-state index contributed by atoms with van der Waals surface area (Å²) in [6, 6.07) is 5.73. The molecule has 2 heterocycles. The lowest BCUT2D eigenvalue weighted by atomic mass is 10.4. The maximum Gasteiger partial charge on any atom is 0.182 e. The lowest BCUT2D eigenvalue weighted by molar-refractivity contribution is 1.10. The van der Waals surface area contributed by atoms with Gasteiger partial charge in [0.1, 0.15) is 18.0 Å². The van der Waals surface area contributed by atoms with Gasteiger partial charge in [0.2, 0.25) is 0 Å². The Hall–Kier alpha value is -1.65. The van der Waals surface area contributed by atoms with Crippen molar-refractivity contribution in [2.45, 2.75) is 6.54 Å². The highest BCUT2D eigenvalue weighted by atomic mass is 79.9. The number of nitriles is 1. The number of anilines is 2. The van der Waals surface area contributed by atoms with Crippen LogP contribution in [-0.2, 0) is 6.54 Å². The maximum absolute atomic E-state index is 8.48. The van der Waals surface area contributed by atoms with Crippen LogP contribution in [0.25, 0.3) is 0 Å². The van der Waals surface area contributed by atoms with E-state index in [1.165, 1.54) is 11.2 Å². The fourth-order valence-corrected chi connectivity index (χ4v) is 2.63. The van der Waals surface area contributed by atoms with E-state index in [0.29, 0.717) is 18.2 Å². The van der Waals surface area contributed by atoms with Crippen molar-refractivity contribution in [2.75, 3.05) is 10.6 Å². The molecular formula is C10H8BrN5S. The fraction of sp³-hybridized carbons (Fsp3) is 0.100. The van der Waals surface area contributed by atoms with E-state index in [0.717, 1.165) is 3.79 Å². The molecule has 0 bridgehead atoms. The first kappa shape index (κ1) is 11.8. The van der Waals surface area contributed by atoms with Crippen LogP contribution >= 0.6 is 27.3 Å². The first-order valence-electron chi connectivity index (χ1n) is 4.73. The highest BCUT2D eigenvalue weighted by Gasteiger charge is 2.00. The topological polar surface area (TPSA) is 73.6 Å². The van der Waals surface area contributed by atoms with E-state index in [1.807, 2.05) is 18.3 Å². The van der Waals surface area contributed by atoms with E-state index >= 15 is 0 Å². The zero-order valence-electron chi connectivity index (χ0n) is 8.64. The van der Waals surface area contributed by atoms with Crippen molar-refractivity contribution in [3.05, 3.63) is 33.2 Å². The van der Waals surface area contributed by atoms with Crippen LogP contribution in [-0.4, -0.2) is 9.97 Å². The molecule has 17 heavy (non-hydrogen) atoms. The second kappa shape index (κ2) is 5.61. The molecule has 2 rings (SSSR count). The monoisotopic (exact) mass is 309 g/mol. The van der Waals surface area contributed by atoms with Crippen LogP contribution in [0.2, 0.25) is 0 Å². The van der Waals surface area contributed by atoms with Crippen molar-refractivity contribution < 1.29 is 0 Å². The third-order valence-electron chi connectivity index (χ3n) is 1.92. The predicted octanol–water partition coefficient (Wildman–Crippen LogP) is 2.81. The summed E-state index contributed by atoms with van der Waals surface area (Å²) < 4.78 is 1.10. The number of halogens is 1. The quantitative estimate of drug-likeness (QED) is 0.671. The molecule has 5 nitrogen and oxygen atoms in total. The van der Waals surface area contributed by atoms with Gasteiger partial charge in [0.05, 0.1) is 10.3 Å². The highest BCUT2D eigenvalue weighted by Crippen LogP contribution is 2.22. The lowest BCUT2D eigenvalue weighted by Crippen LogP contribution is -2.01. The number of aromatic nitrogens is 2. The van der Waals surface area contributed by atoms with Gasteiger partial charge in [-0.1, -0.05) is 0 Å². The van der Waals surface area contributed by atoms with Crippen LogP contribution < -0.4 is 10.6 Å². The van der Waals surface area contributed by atoms with E-state index in [2.05, 4.69) is 36.5 Å². The summed E-state index contributed by atoms with van der Waals surface area (Å²) >= 11 is 5.07. The standard InChI is InChI=1S/C10H8BrN5S/c11-8-2-1-7(17-8)4-13-9-3-10(14-5-12)16-6-15-9/h1-3,6H,4H2,(H2,13,14,15,16). The molecule has 0 aliphatic heterocycles. The van der Waals surface area contributed by atoms with E-state index in [-0.39, 0.29) is 0 Å². The molecule has 0 aliphatic carbocycles. The average Bonchev–Trinajstić information content (AvgIpc) is 2.74. The van der Waals surface area contributed by atoms with Gasteiger partial charge >= 0.3 is 0 Å². The Bertz CT molecular complexity index is 548. The van der Waals surface area contributed by atoms with E-state index in [1.54, 1.807) is 17.4 Å². The molecule has 0 spiro atoms. The van der Waals surface area contributed by atoms with Crippen LogP contribution in [0.15, 0.2) is 28.3 Å². The van der Waals surface area contributed by atoms with Gasteiger partial charge in [-0.2, -0.15) is 5.26 Å². The highest BCUT2D eigenvalue weighted by molar-refractivity contribution is 9.11. The number of rotatable bonds is 4. The van der Waals surface area contributed by atoms with Gasteiger partial charge in [-0.25, -0.2) is 9.97 Å². The number of hydrogen-bond donors (Lipinski definition) is 2.